The molecule has 2 nitrogen and oxygen atoms in total. The minimum Gasteiger partial charge on any atom is -0.365 e. The van der Waals surface area contributed by atoms with Gasteiger partial charge in [0.15, 0.2) is 0 Å². The Morgan fingerprint density at radius 1 is 1.05 bits per heavy atom. The average Bonchev–Trinajstić information content (AvgIpc) is 2.46. The third-order valence-electron chi connectivity index (χ3n) is 3.58. The zero-order chi connectivity index (χ0) is 14.7. The molecule has 106 valence electrons. The minimum atomic E-state index is -0.348. The van der Waals surface area contributed by atoms with Crippen molar-refractivity contribution in [2.75, 3.05) is 11.9 Å². The van der Waals surface area contributed by atoms with Crippen molar-refractivity contribution < 1.29 is 8.78 Å². The first-order chi connectivity index (χ1) is 9.56. The van der Waals surface area contributed by atoms with E-state index in [1.54, 1.807) is 42.3 Å². The van der Waals surface area contributed by atoms with Crippen LogP contribution in [0.1, 0.15) is 24.1 Å². The maximum atomic E-state index is 14.1. The van der Waals surface area contributed by atoms with Crippen LogP contribution in [0.2, 0.25) is 0 Å². The van der Waals surface area contributed by atoms with Gasteiger partial charge in [0.25, 0.3) is 0 Å². The van der Waals surface area contributed by atoms with E-state index in [2.05, 4.69) is 0 Å². The minimum absolute atomic E-state index is 0.238. The van der Waals surface area contributed by atoms with Gasteiger partial charge in [-0.3, -0.25) is 0 Å². The fourth-order valence-electron chi connectivity index (χ4n) is 2.34. The van der Waals surface area contributed by atoms with Crippen LogP contribution in [-0.2, 0) is 6.54 Å². The molecular formula is C16H18F2N2. The van der Waals surface area contributed by atoms with Crippen molar-refractivity contribution in [3.63, 3.8) is 0 Å². The Bertz CT molecular complexity index is 599. The van der Waals surface area contributed by atoms with E-state index in [1.807, 2.05) is 6.92 Å². The van der Waals surface area contributed by atoms with Crippen LogP contribution in [0.3, 0.4) is 0 Å². The maximum absolute atomic E-state index is 14.1. The van der Waals surface area contributed by atoms with Gasteiger partial charge < -0.3 is 10.6 Å². The van der Waals surface area contributed by atoms with Gasteiger partial charge in [-0.1, -0.05) is 30.3 Å². The van der Waals surface area contributed by atoms with Gasteiger partial charge in [0.2, 0.25) is 0 Å². The van der Waals surface area contributed by atoms with Gasteiger partial charge in [-0.2, -0.15) is 0 Å². The molecule has 1 atom stereocenters. The Morgan fingerprint density at radius 2 is 1.70 bits per heavy atom. The van der Waals surface area contributed by atoms with Crippen molar-refractivity contribution in [3.05, 3.63) is 65.2 Å². The zero-order valence-corrected chi connectivity index (χ0v) is 11.6. The lowest BCUT2D eigenvalue weighted by Gasteiger charge is -2.29. The van der Waals surface area contributed by atoms with Crippen molar-refractivity contribution in [1.82, 2.24) is 0 Å². The molecule has 0 aliphatic heterocycles. The highest BCUT2D eigenvalue weighted by Crippen LogP contribution is 2.31. The Balaban J connectivity index is 2.41. The zero-order valence-electron chi connectivity index (χ0n) is 11.6. The van der Waals surface area contributed by atoms with Gasteiger partial charge in [-0.15, -0.1) is 0 Å². The summed E-state index contributed by atoms with van der Waals surface area (Å²) in [7, 11) is 1.74. The summed E-state index contributed by atoms with van der Waals surface area (Å²) in [5.41, 5.74) is 7.31. The molecule has 0 saturated heterocycles. The molecule has 0 bridgehead atoms. The summed E-state index contributed by atoms with van der Waals surface area (Å²) >= 11 is 0. The van der Waals surface area contributed by atoms with Gasteiger partial charge in [0.1, 0.15) is 11.6 Å². The number of hydrogen-bond acceptors (Lipinski definition) is 2. The van der Waals surface area contributed by atoms with Crippen LogP contribution in [0.5, 0.6) is 0 Å². The van der Waals surface area contributed by atoms with Crippen molar-refractivity contribution in [2.45, 2.75) is 19.5 Å². The number of anilines is 1. The molecule has 2 N–H and O–H groups in total. The van der Waals surface area contributed by atoms with Gasteiger partial charge in [0.05, 0.1) is 11.7 Å². The molecule has 1 unspecified atom stereocenters. The molecule has 0 aliphatic rings. The monoisotopic (exact) mass is 276 g/mol. The second-order valence-electron chi connectivity index (χ2n) is 4.76. The molecule has 2 aromatic carbocycles. The number of benzene rings is 2. The normalized spacial score (nSPS) is 12.2. The lowest BCUT2D eigenvalue weighted by atomic mass is 10.0. The number of nitrogens with zero attached hydrogens (tertiary/aromatic N) is 1. The number of halogens is 2. The smallest absolute Gasteiger partial charge is 0.146 e. The molecule has 0 fully saturated rings. The highest BCUT2D eigenvalue weighted by molar-refractivity contribution is 5.56. The van der Waals surface area contributed by atoms with Crippen molar-refractivity contribution in [1.29, 1.82) is 0 Å². The highest BCUT2D eigenvalue weighted by atomic mass is 19.1. The van der Waals surface area contributed by atoms with Gasteiger partial charge in [-0.05, 0) is 24.6 Å². The Kier molecular flexibility index (Phi) is 4.35. The molecule has 0 heterocycles. The molecule has 2 aromatic rings. The first kappa shape index (κ1) is 14.5. The SMILES string of the molecule is CC(c1ccccc1F)N(C)c1c(F)cccc1CN. The van der Waals surface area contributed by atoms with Crippen molar-refractivity contribution in [3.8, 4) is 0 Å². The van der Waals surface area contributed by atoms with Crippen LogP contribution in [0.15, 0.2) is 42.5 Å². The first-order valence-electron chi connectivity index (χ1n) is 6.51. The third-order valence-corrected chi connectivity index (χ3v) is 3.58. The quantitative estimate of drug-likeness (QED) is 0.924. The summed E-state index contributed by atoms with van der Waals surface area (Å²) in [6, 6.07) is 11.0. The summed E-state index contributed by atoms with van der Waals surface area (Å²) in [5, 5.41) is 0. The summed E-state index contributed by atoms with van der Waals surface area (Å²) in [4.78, 5) is 1.72. The largest absolute Gasteiger partial charge is 0.365 e. The van der Waals surface area contributed by atoms with Crippen LogP contribution in [-0.4, -0.2) is 7.05 Å². The van der Waals surface area contributed by atoms with Crippen molar-refractivity contribution >= 4 is 5.69 Å². The number of rotatable bonds is 4. The van der Waals surface area contributed by atoms with Crippen LogP contribution in [0.25, 0.3) is 0 Å². The molecule has 0 amide bonds. The maximum Gasteiger partial charge on any atom is 0.146 e. The Morgan fingerprint density at radius 3 is 2.35 bits per heavy atom. The fourth-order valence-corrected chi connectivity index (χ4v) is 2.34. The van der Waals surface area contributed by atoms with Gasteiger partial charge in [-0.25, -0.2) is 8.78 Å². The predicted molar refractivity (Wildman–Crippen MR) is 77.5 cm³/mol. The van der Waals surface area contributed by atoms with Crippen LogP contribution in [0, 0.1) is 11.6 Å². The summed E-state index contributed by atoms with van der Waals surface area (Å²) in [6.07, 6.45) is 0. The van der Waals surface area contributed by atoms with E-state index in [9.17, 15) is 8.78 Å². The standard InChI is InChI=1S/C16H18F2N2/c1-11(13-7-3-4-8-14(13)17)20(2)16-12(10-19)6-5-9-15(16)18/h3-9,11H,10,19H2,1-2H3. The second kappa shape index (κ2) is 6.01. The van der Waals surface area contributed by atoms with E-state index in [-0.39, 0.29) is 24.2 Å². The van der Waals surface area contributed by atoms with E-state index in [0.717, 1.165) is 0 Å². The summed E-state index contributed by atoms with van der Waals surface area (Å²) in [6.45, 7) is 2.08. The van der Waals surface area contributed by atoms with Crippen molar-refractivity contribution in [2.24, 2.45) is 5.73 Å². The van der Waals surface area contributed by atoms with E-state index in [1.165, 1.54) is 12.1 Å². The fraction of sp³-hybridized carbons (Fsp3) is 0.250. The molecule has 0 saturated carbocycles. The highest BCUT2D eigenvalue weighted by Gasteiger charge is 2.20. The molecular weight excluding hydrogens is 258 g/mol. The van der Waals surface area contributed by atoms with Crippen LogP contribution >= 0.6 is 0 Å². The Labute approximate surface area is 117 Å². The third kappa shape index (κ3) is 2.65. The lowest BCUT2D eigenvalue weighted by molar-refractivity contribution is 0.574. The van der Waals surface area contributed by atoms with E-state index in [4.69, 9.17) is 5.73 Å². The average molecular weight is 276 g/mol. The van der Waals surface area contributed by atoms with E-state index >= 15 is 0 Å². The topological polar surface area (TPSA) is 29.3 Å². The van der Waals surface area contributed by atoms with Crippen LogP contribution in [0.4, 0.5) is 14.5 Å². The molecule has 0 spiro atoms. The van der Waals surface area contributed by atoms with Crippen LogP contribution < -0.4 is 10.6 Å². The molecule has 20 heavy (non-hydrogen) atoms. The first-order valence-corrected chi connectivity index (χ1v) is 6.51. The number of hydrogen-bond donors (Lipinski definition) is 1. The molecule has 0 aromatic heterocycles. The molecule has 0 aliphatic carbocycles. The molecule has 2 rings (SSSR count). The van der Waals surface area contributed by atoms with E-state index in [0.29, 0.717) is 16.8 Å². The number of para-hydroxylation sites is 1. The molecule has 4 heteroatoms. The number of nitrogens with two attached hydrogens (primary N) is 1. The van der Waals surface area contributed by atoms with Gasteiger partial charge in [0, 0.05) is 19.2 Å². The van der Waals surface area contributed by atoms with Gasteiger partial charge >= 0.3 is 0 Å². The molecule has 0 radical (unpaired) electrons. The van der Waals surface area contributed by atoms with E-state index < -0.39 is 0 Å². The second-order valence-corrected chi connectivity index (χ2v) is 4.76. The summed E-state index contributed by atoms with van der Waals surface area (Å²) < 4.78 is 27.9. The Hall–Kier alpha value is -1.94. The predicted octanol–water partition coefficient (Wildman–Crippen LogP) is 3.62. The lowest BCUT2D eigenvalue weighted by Crippen LogP contribution is -2.25. The summed E-state index contributed by atoms with van der Waals surface area (Å²) in [5.74, 6) is -0.642.